The molecule has 0 aliphatic heterocycles. The first-order valence-electron chi connectivity index (χ1n) is 5.84. The van der Waals surface area contributed by atoms with Gasteiger partial charge in [0.15, 0.2) is 0 Å². The number of pyridine rings is 1. The van der Waals surface area contributed by atoms with E-state index in [9.17, 15) is 9.59 Å². The molecule has 4 N–H and O–H groups in total. The molecule has 1 unspecified atom stereocenters. The summed E-state index contributed by atoms with van der Waals surface area (Å²) in [5.74, 6) is -0.624. The first kappa shape index (κ1) is 15.2. The molecule has 0 aliphatic rings. The highest BCUT2D eigenvalue weighted by molar-refractivity contribution is 6.33. The van der Waals surface area contributed by atoms with E-state index in [0.29, 0.717) is 0 Å². The number of nitrogens with one attached hydrogen (secondary N) is 2. The zero-order valence-electron chi connectivity index (χ0n) is 11.0. The molecule has 0 radical (unpaired) electrons. The zero-order chi connectivity index (χ0) is 14.6. The molecule has 0 aliphatic carbocycles. The minimum atomic E-state index is -0.686. The summed E-state index contributed by atoms with van der Waals surface area (Å²) < 4.78 is 0. The summed E-state index contributed by atoms with van der Waals surface area (Å²) in [6.07, 6.45) is 0. The number of rotatable bonds is 4. The number of nitrogen functional groups attached to an aromatic ring is 1. The van der Waals surface area contributed by atoms with Crippen molar-refractivity contribution in [2.75, 3.05) is 5.73 Å². The number of anilines is 1. The quantitative estimate of drug-likeness (QED) is 0.767. The first-order chi connectivity index (χ1) is 8.81. The van der Waals surface area contributed by atoms with Crippen LogP contribution in [0.2, 0.25) is 5.02 Å². The summed E-state index contributed by atoms with van der Waals surface area (Å²) in [4.78, 5) is 27.4. The fourth-order valence-electron chi connectivity index (χ4n) is 1.36. The lowest BCUT2D eigenvalue weighted by Gasteiger charge is -2.16. The van der Waals surface area contributed by atoms with E-state index in [1.807, 2.05) is 13.8 Å². The normalized spacial score (nSPS) is 12.1. The monoisotopic (exact) mass is 284 g/mol. The Labute approximate surface area is 116 Å². The van der Waals surface area contributed by atoms with Gasteiger partial charge in [0.2, 0.25) is 5.91 Å². The topological polar surface area (TPSA) is 97.1 Å². The van der Waals surface area contributed by atoms with Gasteiger partial charge in [0.1, 0.15) is 17.6 Å². The third-order valence-corrected chi connectivity index (χ3v) is 2.56. The number of nitrogens with two attached hydrogens (primary N) is 1. The molecule has 1 rings (SSSR count). The van der Waals surface area contributed by atoms with Crippen LogP contribution in [0.25, 0.3) is 0 Å². The zero-order valence-corrected chi connectivity index (χ0v) is 11.8. The molecule has 1 aromatic rings. The van der Waals surface area contributed by atoms with Gasteiger partial charge < -0.3 is 16.4 Å². The molecular formula is C12H17ClN4O2. The second-order valence-electron chi connectivity index (χ2n) is 4.42. The Morgan fingerprint density at radius 3 is 2.47 bits per heavy atom. The van der Waals surface area contributed by atoms with Gasteiger partial charge in [-0.05, 0) is 32.9 Å². The van der Waals surface area contributed by atoms with Crippen molar-refractivity contribution in [3.05, 3.63) is 22.8 Å². The van der Waals surface area contributed by atoms with E-state index < -0.39 is 11.9 Å². The summed E-state index contributed by atoms with van der Waals surface area (Å²) in [5, 5.41) is 5.39. The van der Waals surface area contributed by atoms with E-state index in [1.165, 1.54) is 12.1 Å². The molecule has 1 atom stereocenters. The van der Waals surface area contributed by atoms with Crippen LogP contribution in [-0.4, -0.2) is 28.9 Å². The van der Waals surface area contributed by atoms with Crippen molar-refractivity contribution in [1.82, 2.24) is 15.6 Å². The average Bonchev–Trinajstić information content (AvgIpc) is 2.31. The second kappa shape index (κ2) is 6.38. The third-order valence-electron chi connectivity index (χ3n) is 2.25. The van der Waals surface area contributed by atoms with Gasteiger partial charge in [-0.2, -0.15) is 0 Å². The molecule has 19 heavy (non-hydrogen) atoms. The van der Waals surface area contributed by atoms with Crippen molar-refractivity contribution < 1.29 is 9.59 Å². The minimum absolute atomic E-state index is 0.000865. The Bertz CT molecular complexity index is 491. The average molecular weight is 285 g/mol. The van der Waals surface area contributed by atoms with Crippen LogP contribution in [0, 0.1) is 0 Å². The van der Waals surface area contributed by atoms with E-state index >= 15 is 0 Å². The third kappa shape index (κ3) is 4.40. The van der Waals surface area contributed by atoms with Gasteiger partial charge in [-0.3, -0.25) is 9.59 Å². The van der Waals surface area contributed by atoms with Crippen LogP contribution in [0.4, 0.5) is 5.82 Å². The first-order valence-corrected chi connectivity index (χ1v) is 6.22. The van der Waals surface area contributed by atoms with E-state index in [0.717, 1.165) is 0 Å². The lowest BCUT2D eigenvalue weighted by molar-refractivity contribution is -0.123. The number of nitrogens with zero attached hydrogens (tertiary/aromatic N) is 1. The molecule has 7 heteroatoms. The van der Waals surface area contributed by atoms with Gasteiger partial charge in [-0.25, -0.2) is 4.98 Å². The van der Waals surface area contributed by atoms with Crippen molar-refractivity contribution in [3.63, 3.8) is 0 Å². The lowest BCUT2D eigenvalue weighted by Crippen LogP contribution is -2.47. The molecule has 0 spiro atoms. The standard InChI is InChI=1S/C12H17ClN4O2/c1-6(2)15-11(18)7(3)16-12(19)10-8(13)4-5-9(14)17-10/h4-7H,1-3H3,(H2,14,17)(H,15,18)(H,16,19). The van der Waals surface area contributed by atoms with E-state index in [1.54, 1.807) is 6.92 Å². The number of halogens is 1. The largest absolute Gasteiger partial charge is 0.384 e. The molecule has 0 fully saturated rings. The second-order valence-corrected chi connectivity index (χ2v) is 4.83. The van der Waals surface area contributed by atoms with Crippen molar-refractivity contribution in [2.45, 2.75) is 32.9 Å². The van der Waals surface area contributed by atoms with Gasteiger partial charge in [-0.15, -0.1) is 0 Å². The lowest BCUT2D eigenvalue weighted by atomic mass is 10.2. The SMILES string of the molecule is CC(C)NC(=O)C(C)NC(=O)c1nc(N)ccc1Cl. The molecule has 1 aromatic heterocycles. The van der Waals surface area contributed by atoms with E-state index in [-0.39, 0.29) is 28.5 Å². The van der Waals surface area contributed by atoms with Gasteiger partial charge in [0.05, 0.1) is 5.02 Å². The van der Waals surface area contributed by atoms with Gasteiger partial charge in [-0.1, -0.05) is 11.6 Å². The van der Waals surface area contributed by atoms with E-state index in [4.69, 9.17) is 17.3 Å². The molecule has 2 amide bonds. The predicted molar refractivity (Wildman–Crippen MR) is 73.9 cm³/mol. The molecule has 0 saturated heterocycles. The Morgan fingerprint density at radius 1 is 1.26 bits per heavy atom. The molecule has 1 heterocycles. The number of carbonyl (C=O) groups excluding carboxylic acids is 2. The maximum Gasteiger partial charge on any atom is 0.272 e. The molecular weight excluding hydrogens is 268 g/mol. The van der Waals surface area contributed by atoms with Gasteiger partial charge in [0.25, 0.3) is 5.91 Å². The van der Waals surface area contributed by atoms with Crippen LogP contribution in [-0.2, 0) is 4.79 Å². The van der Waals surface area contributed by atoms with Gasteiger partial charge >= 0.3 is 0 Å². The van der Waals surface area contributed by atoms with Crippen LogP contribution < -0.4 is 16.4 Å². The maximum absolute atomic E-state index is 11.9. The van der Waals surface area contributed by atoms with Crippen molar-refractivity contribution in [3.8, 4) is 0 Å². The summed E-state index contributed by atoms with van der Waals surface area (Å²) in [5.41, 5.74) is 5.50. The van der Waals surface area contributed by atoms with Crippen LogP contribution in [0.15, 0.2) is 12.1 Å². The Kier molecular flexibility index (Phi) is 5.11. The minimum Gasteiger partial charge on any atom is -0.384 e. The highest BCUT2D eigenvalue weighted by Gasteiger charge is 2.19. The van der Waals surface area contributed by atoms with Crippen LogP contribution in [0.5, 0.6) is 0 Å². The Hall–Kier alpha value is -1.82. The maximum atomic E-state index is 11.9. The van der Waals surface area contributed by atoms with Crippen LogP contribution in [0.1, 0.15) is 31.3 Å². The van der Waals surface area contributed by atoms with Crippen molar-refractivity contribution >= 4 is 29.2 Å². The predicted octanol–water partition coefficient (Wildman–Crippen LogP) is 0.960. The highest BCUT2D eigenvalue weighted by Crippen LogP contribution is 2.15. The summed E-state index contributed by atoms with van der Waals surface area (Å²) in [6.45, 7) is 5.25. The molecule has 0 bridgehead atoms. The van der Waals surface area contributed by atoms with Crippen LogP contribution >= 0.6 is 11.6 Å². The smallest absolute Gasteiger partial charge is 0.272 e. The fraction of sp³-hybridized carbons (Fsp3) is 0.417. The number of carbonyl (C=O) groups is 2. The molecule has 0 aromatic carbocycles. The Balaban J connectivity index is 2.74. The number of hydrogen-bond donors (Lipinski definition) is 3. The number of aromatic nitrogens is 1. The van der Waals surface area contributed by atoms with E-state index in [2.05, 4.69) is 15.6 Å². The highest BCUT2D eigenvalue weighted by atomic mass is 35.5. The summed E-state index contributed by atoms with van der Waals surface area (Å²) >= 11 is 5.86. The number of hydrogen-bond acceptors (Lipinski definition) is 4. The molecule has 6 nitrogen and oxygen atoms in total. The molecule has 0 saturated carbocycles. The van der Waals surface area contributed by atoms with Crippen molar-refractivity contribution in [1.29, 1.82) is 0 Å². The summed E-state index contributed by atoms with van der Waals surface area (Å²) in [6, 6.07) is 2.29. The van der Waals surface area contributed by atoms with Gasteiger partial charge in [0, 0.05) is 6.04 Å². The molecule has 104 valence electrons. The summed E-state index contributed by atoms with van der Waals surface area (Å²) in [7, 11) is 0. The van der Waals surface area contributed by atoms with Crippen LogP contribution in [0.3, 0.4) is 0 Å². The fourth-order valence-corrected chi connectivity index (χ4v) is 1.55. The van der Waals surface area contributed by atoms with Crippen molar-refractivity contribution in [2.24, 2.45) is 0 Å². The Morgan fingerprint density at radius 2 is 1.89 bits per heavy atom. The number of amides is 2.